The molecular weight excluding hydrogens is 436 g/mol. The lowest BCUT2D eigenvalue weighted by molar-refractivity contribution is -0.139. The molecule has 1 unspecified atom stereocenters. The second-order valence-electron chi connectivity index (χ2n) is 8.31. The Morgan fingerprint density at radius 1 is 1.06 bits per heavy atom. The minimum Gasteiger partial charge on any atom is -0.469 e. The summed E-state index contributed by atoms with van der Waals surface area (Å²) in [7, 11) is 1.35. The van der Waals surface area contributed by atoms with Crippen molar-refractivity contribution in [3.63, 3.8) is 0 Å². The van der Waals surface area contributed by atoms with Crippen LogP contribution < -0.4 is 10.1 Å². The number of hydrogen-bond acceptors (Lipinski definition) is 6. The van der Waals surface area contributed by atoms with Crippen molar-refractivity contribution >= 4 is 28.3 Å². The van der Waals surface area contributed by atoms with Crippen LogP contribution in [0.2, 0.25) is 0 Å². The molecule has 6 nitrogen and oxygen atoms in total. The number of hydrogen-bond donors (Lipinski definition) is 1. The largest absolute Gasteiger partial charge is 0.469 e. The summed E-state index contributed by atoms with van der Waals surface area (Å²) >= 11 is 1.32. The van der Waals surface area contributed by atoms with Crippen LogP contribution in [0.1, 0.15) is 49.3 Å². The molecular formula is C26H28N2O4S. The molecule has 0 spiro atoms. The van der Waals surface area contributed by atoms with Crippen LogP contribution in [0.5, 0.6) is 11.5 Å². The average molecular weight is 465 g/mol. The Bertz CT molecular complexity index is 1060. The summed E-state index contributed by atoms with van der Waals surface area (Å²) in [4.78, 5) is 29.2. The standard InChI is InChI=1S/C26H28N2O4S/c1-31-24(29)16-20-17-33-26(27-20)28-25(30)23(15-18-7-5-6-8-18)19-11-13-22(14-12-19)32-21-9-3-2-4-10-21/h2-4,9-14,17-18,23H,5-8,15-16H2,1H3,(H,27,28,30). The van der Waals surface area contributed by atoms with Crippen LogP contribution in [0.4, 0.5) is 5.13 Å². The van der Waals surface area contributed by atoms with Crippen molar-refractivity contribution < 1.29 is 19.1 Å². The molecule has 1 aromatic heterocycles. The highest BCUT2D eigenvalue weighted by atomic mass is 32.1. The zero-order valence-corrected chi connectivity index (χ0v) is 19.5. The molecule has 0 saturated heterocycles. The number of esters is 1. The molecule has 1 aliphatic carbocycles. The fourth-order valence-electron chi connectivity index (χ4n) is 4.22. The molecule has 1 atom stereocenters. The summed E-state index contributed by atoms with van der Waals surface area (Å²) in [6, 6.07) is 17.4. The van der Waals surface area contributed by atoms with Crippen molar-refractivity contribution in [1.29, 1.82) is 0 Å². The summed E-state index contributed by atoms with van der Waals surface area (Å²) in [6.45, 7) is 0. The third-order valence-electron chi connectivity index (χ3n) is 5.96. The molecule has 1 amide bonds. The van der Waals surface area contributed by atoms with E-state index < -0.39 is 0 Å². The maximum Gasteiger partial charge on any atom is 0.311 e. The van der Waals surface area contributed by atoms with E-state index in [0.717, 1.165) is 23.5 Å². The first-order valence-electron chi connectivity index (χ1n) is 11.3. The number of anilines is 1. The number of rotatable bonds is 9. The van der Waals surface area contributed by atoms with Gasteiger partial charge in [0.25, 0.3) is 0 Å². The van der Waals surface area contributed by atoms with Gasteiger partial charge in [-0.25, -0.2) is 4.98 Å². The van der Waals surface area contributed by atoms with Crippen LogP contribution >= 0.6 is 11.3 Å². The Balaban J connectivity index is 1.47. The number of methoxy groups -OCH3 is 1. The Labute approximate surface area is 198 Å². The van der Waals surface area contributed by atoms with Gasteiger partial charge in [-0.2, -0.15) is 0 Å². The van der Waals surface area contributed by atoms with Crippen molar-refractivity contribution in [2.75, 3.05) is 12.4 Å². The molecule has 1 N–H and O–H groups in total. The van der Waals surface area contributed by atoms with Gasteiger partial charge >= 0.3 is 5.97 Å². The van der Waals surface area contributed by atoms with Crippen LogP contribution in [-0.2, 0) is 20.7 Å². The Hall–Kier alpha value is -3.19. The molecule has 1 aliphatic rings. The van der Waals surface area contributed by atoms with Crippen molar-refractivity contribution in [2.45, 2.75) is 44.4 Å². The van der Waals surface area contributed by atoms with E-state index in [1.165, 1.54) is 44.1 Å². The number of nitrogens with zero attached hydrogens (tertiary/aromatic N) is 1. The van der Waals surface area contributed by atoms with Crippen molar-refractivity contribution in [3.8, 4) is 11.5 Å². The van der Waals surface area contributed by atoms with Crippen LogP contribution in [0.25, 0.3) is 0 Å². The van der Waals surface area contributed by atoms with Gasteiger partial charge in [0.1, 0.15) is 11.5 Å². The Morgan fingerprint density at radius 2 is 1.76 bits per heavy atom. The summed E-state index contributed by atoms with van der Waals surface area (Å²) in [5.41, 5.74) is 1.56. The van der Waals surface area contributed by atoms with E-state index in [1.54, 1.807) is 5.38 Å². The highest BCUT2D eigenvalue weighted by Gasteiger charge is 2.27. The number of thiazole rings is 1. The zero-order chi connectivity index (χ0) is 23.0. The highest BCUT2D eigenvalue weighted by Crippen LogP contribution is 2.36. The van der Waals surface area contributed by atoms with E-state index in [2.05, 4.69) is 10.3 Å². The molecule has 3 aromatic rings. The minimum absolute atomic E-state index is 0.0717. The van der Waals surface area contributed by atoms with Gasteiger partial charge in [-0.3, -0.25) is 9.59 Å². The van der Waals surface area contributed by atoms with Crippen molar-refractivity contribution in [2.24, 2.45) is 5.92 Å². The molecule has 4 rings (SSSR count). The monoisotopic (exact) mass is 464 g/mol. The number of amides is 1. The number of para-hydroxylation sites is 1. The van der Waals surface area contributed by atoms with E-state index in [9.17, 15) is 9.59 Å². The van der Waals surface area contributed by atoms with Crippen molar-refractivity contribution in [1.82, 2.24) is 4.98 Å². The van der Waals surface area contributed by atoms with Gasteiger partial charge in [0.05, 0.1) is 25.1 Å². The van der Waals surface area contributed by atoms with Gasteiger partial charge in [-0.05, 0) is 42.2 Å². The first-order chi connectivity index (χ1) is 16.1. The van der Waals surface area contributed by atoms with E-state index in [4.69, 9.17) is 9.47 Å². The number of aromatic nitrogens is 1. The number of benzene rings is 2. The molecule has 33 heavy (non-hydrogen) atoms. The average Bonchev–Trinajstić information content (AvgIpc) is 3.51. The third kappa shape index (κ3) is 6.42. The van der Waals surface area contributed by atoms with Gasteiger partial charge < -0.3 is 14.8 Å². The molecule has 2 aromatic carbocycles. The third-order valence-corrected chi connectivity index (χ3v) is 6.76. The fraction of sp³-hybridized carbons (Fsp3) is 0.346. The molecule has 0 bridgehead atoms. The van der Waals surface area contributed by atoms with Crippen LogP contribution in [-0.4, -0.2) is 24.0 Å². The Morgan fingerprint density at radius 3 is 2.45 bits per heavy atom. The SMILES string of the molecule is COC(=O)Cc1csc(NC(=O)C(CC2CCCC2)c2ccc(Oc3ccccc3)cc2)n1. The number of ether oxygens (including phenoxy) is 2. The quantitative estimate of drug-likeness (QED) is 0.396. The van der Waals surface area contributed by atoms with Gasteiger partial charge in [-0.1, -0.05) is 56.0 Å². The first-order valence-corrected chi connectivity index (χ1v) is 12.1. The number of carbonyl (C=O) groups excluding carboxylic acids is 2. The lowest BCUT2D eigenvalue weighted by atomic mass is 9.87. The topological polar surface area (TPSA) is 77.5 Å². The lowest BCUT2D eigenvalue weighted by Gasteiger charge is -2.20. The number of carbonyl (C=O) groups is 2. The summed E-state index contributed by atoms with van der Waals surface area (Å²) in [6.07, 6.45) is 5.69. The summed E-state index contributed by atoms with van der Waals surface area (Å²) in [5, 5.41) is 5.24. The fourth-order valence-corrected chi connectivity index (χ4v) is 4.94. The number of nitrogens with one attached hydrogen (secondary N) is 1. The minimum atomic E-state index is -0.352. The molecule has 7 heteroatoms. The molecule has 1 saturated carbocycles. The second kappa shape index (κ2) is 11.1. The maximum absolute atomic E-state index is 13.3. The van der Waals surface area contributed by atoms with Crippen molar-refractivity contribution in [3.05, 3.63) is 71.2 Å². The molecule has 172 valence electrons. The Kier molecular flexibility index (Phi) is 7.73. The van der Waals surface area contributed by atoms with Gasteiger partial charge in [0.15, 0.2) is 5.13 Å². The summed E-state index contributed by atoms with van der Waals surface area (Å²) < 4.78 is 10.6. The zero-order valence-electron chi connectivity index (χ0n) is 18.7. The first kappa shape index (κ1) is 23.0. The molecule has 1 fully saturated rings. The van der Waals surface area contributed by atoms with Gasteiger partial charge in [0, 0.05) is 5.38 Å². The molecule has 1 heterocycles. The van der Waals surface area contributed by atoms with E-state index in [0.29, 0.717) is 16.7 Å². The normalized spacial score (nSPS) is 14.6. The van der Waals surface area contributed by atoms with Gasteiger partial charge in [-0.15, -0.1) is 11.3 Å². The highest BCUT2D eigenvalue weighted by molar-refractivity contribution is 7.13. The summed E-state index contributed by atoms with van der Waals surface area (Å²) in [5.74, 6) is 1.36. The van der Waals surface area contributed by atoms with E-state index in [1.807, 2.05) is 54.6 Å². The predicted octanol–water partition coefficient (Wildman–Crippen LogP) is 5.95. The van der Waals surface area contributed by atoms with Crippen LogP contribution in [0.3, 0.4) is 0 Å². The molecule has 0 aliphatic heterocycles. The molecule has 0 radical (unpaired) electrons. The van der Waals surface area contributed by atoms with Crippen LogP contribution in [0.15, 0.2) is 60.0 Å². The van der Waals surface area contributed by atoms with Gasteiger partial charge in [0.2, 0.25) is 5.91 Å². The van der Waals surface area contributed by atoms with E-state index >= 15 is 0 Å². The lowest BCUT2D eigenvalue weighted by Crippen LogP contribution is -2.23. The predicted molar refractivity (Wildman–Crippen MR) is 129 cm³/mol. The van der Waals surface area contributed by atoms with Crippen LogP contribution in [0, 0.1) is 5.92 Å². The maximum atomic E-state index is 13.3. The smallest absolute Gasteiger partial charge is 0.311 e. The second-order valence-corrected chi connectivity index (χ2v) is 9.17. The van der Waals surface area contributed by atoms with E-state index in [-0.39, 0.29) is 24.2 Å².